The molecule has 138 valence electrons. The molecule has 0 aliphatic rings. The minimum atomic E-state index is -0.00395. The average molecular weight is 360 g/mol. The number of hydrogen-bond donors (Lipinski definition) is 1. The Morgan fingerprint density at radius 3 is 2.19 bits per heavy atom. The van der Waals surface area contributed by atoms with Crippen molar-refractivity contribution in [2.75, 3.05) is 23.8 Å². The molecule has 0 radical (unpaired) electrons. The molecule has 0 saturated carbocycles. The third kappa shape index (κ3) is 5.89. The molecule has 0 fully saturated rings. The molecule has 0 saturated heterocycles. The largest absolute Gasteiger partial charge is 0.489 e. The van der Waals surface area contributed by atoms with E-state index in [1.165, 1.54) is 0 Å². The van der Waals surface area contributed by atoms with Crippen LogP contribution in [0.25, 0.3) is 0 Å². The maximum absolute atomic E-state index is 12.2. The van der Waals surface area contributed by atoms with Crippen molar-refractivity contribution in [3.8, 4) is 5.75 Å². The summed E-state index contributed by atoms with van der Waals surface area (Å²) in [6.07, 6.45) is 0.428. The van der Waals surface area contributed by atoms with Crippen molar-refractivity contribution in [3.63, 3.8) is 0 Å². The van der Waals surface area contributed by atoms with Crippen molar-refractivity contribution >= 4 is 17.3 Å². The number of anilines is 2. The van der Waals surface area contributed by atoms with Gasteiger partial charge in [0.25, 0.3) is 0 Å². The smallest absolute Gasteiger partial charge is 0.226 e. The average Bonchev–Trinajstić information content (AvgIpc) is 2.73. The molecule has 0 bridgehead atoms. The van der Waals surface area contributed by atoms with E-state index in [0.29, 0.717) is 19.6 Å². The van der Waals surface area contributed by atoms with Crippen LogP contribution in [0.3, 0.4) is 0 Å². The molecule has 3 aromatic rings. The van der Waals surface area contributed by atoms with Crippen molar-refractivity contribution in [1.82, 2.24) is 0 Å². The molecule has 0 aromatic heterocycles. The van der Waals surface area contributed by atoms with Gasteiger partial charge in [-0.1, -0.05) is 48.5 Å². The Hall–Kier alpha value is -3.27. The molecule has 0 unspecified atom stereocenters. The van der Waals surface area contributed by atoms with Crippen molar-refractivity contribution < 1.29 is 9.53 Å². The number of amides is 1. The van der Waals surface area contributed by atoms with E-state index in [1.807, 2.05) is 92.0 Å². The molecule has 0 heterocycles. The van der Waals surface area contributed by atoms with Gasteiger partial charge in [0.15, 0.2) is 0 Å². The number of nitrogens with zero attached hydrogens (tertiary/aromatic N) is 1. The van der Waals surface area contributed by atoms with Gasteiger partial charge in [-0.25, -0.2) is 0 Å². The lowest BCUT2D eigenvalue weighted by molar-refractivity contribution is -0.116. The summed E-state index contributed by atoms with van der Waals surface area (Å²) >= 11 is 0. The topological polar surface area (TPSA) is 41.6 Å². The lowest BCUT2D eigenvalue weighted by Gasteiger charge is -2.18. The Labute approximate surface area is 160 Å². The van der Waals surface area contributed by atoms with Gasteiger partial charge in [-0.2, -0.15) is 0 Å². The maximum atomic E-state index is 12.2. The second-order valence-corrected chi connectivity index (χ2v) is 6.35. The minimum absolute atomic E-state index is 0.00395. The molecule has 0 aliphatic heterocycles. The van der Waals surface area contributed by atoms with E-state index in [1.54, 1.807) is 0 Å². The van der Waals surface area contributed by atoms with Gasteiger partial charge in [-0.3, -0.25) is 4.79 Å². The Kier molecular flexibility index (Phi) is 6.47. The fraction of sp³-hybridized carbons (Fsp3) is 0.174. The first-order valence-electron chi connectivity index (χ1n) is 9.03. The number of rotatable bonds is 8. The summed E-state index contributed by atoms with van der Waals surface area (Å²) in [5, 5.41) is 2.93. The zero-order valence-corrected chi connectivity index (χ0v) is 15.5. The molecule has 0 atom stereocenters. The molecule has 3 rings (SSSR count). The molecule has 3 aromatic carbocycles. The number of nitrogens with one attached hydrogen (secondary N) is 1. The predicted molar refractivity (Wildman–Crippen MR) is 110 cm³/mol. The second-order valence-electron chi connectivity index (χ2n) is 6.35. The van der Waals surface area contributed by atoms with Crippen LogP contribution in [0.15, 0.2) is 84.9 Å². The highest BCUT2D eigenvalue weighted by Gasteiger charge is 2.06. The molecule has 4 heteroatoms. The summed E-state index contributed by atoms with van der Waals surface area (Å²) in [6, 6.07) is 27.5. The highest BCUT2D eigenvalue weighted by Crippen LogP contribution is 2.17. The molecule has 0 spiro atoms. The quantitative estimate of drug-likeness (QED) is 0.631. The van der Waals surface area contributed by atoms with Gasteiger partial charge in [0.1, 0.15) is 12.4 Å². The summed E-state index contributed by atoms with van der Waals surface area (Å²) in [5.41, 5.74) is 3.00. The summed E-state index contributed by atoms with van der Waals surface area (Å²) in [4.78, 5) is 14.2. The van der Waals surface area contributed by atoms with Crippen LogP contribution in [-0.4, -0.2) is 19.5 Å². The van der Waals surface area contributed by atoms with E-state index in [4.69, 9.17) is 4.74 Å². The first-order valence-corrected chi connectivity index (χ1v) is 9.03. The highest BCUT2D eigenvalue weighted by molar-refractivity contribution is 5.91. The van der Waals surface area contributed by atoms with Crippen molar-refractivity contribution in [2.24, 2.45) is 0 Å². The van der Waals surface area contributed by atoms with E-state index in [0.717, 1.165) is 22.7 Å². The lowest BCUT2D eigenvalue weighted by Crippen LogP contribution is -2.23. The van der Waals surface area contributed by atoms with Crippen LogP contribution in [0.5, 0.6) is 5.75 Å². The van der Waals surface area contributed by atoms with E-state index in [2.05, 4.69) is 10.2 Å². The number of ether oxygens (including phenoxy) is 1. The summed E-state index contributed by atoms with van der Waals surface area (Å²) in [6.45, 7) is 1.19. The molecule has 4 nitrogen and oxygen atoms in total. The Bertz CT molecular complexity index is 833. The van der Waals surface area contributed by atoms with E-state index in [-0.39, 0.29) is 5.91 Å². The number of benzene rings is 3. The first kappa shape index (κ1) is 18.5. The second kappa shape index (κ2) is 9.43. The van der Waals surface area contributed by atoms with Crippen LogP contribution in [0.2, 0.25) is 0 Å². The maximum Gasteiger partial charge on any atom is 0.226 e. The van der Waals surface area contributed by atoms with Crippen LogP contribution < -0.4 is 15.0 Å². The van der Waals surface area contributed by atoms with E-state index >= 15 is 0 Å². The van der Waals surface area contributed by atoms with Gasteiger partial charge >= 0.3 is 0 Å². The summed E-state index contributed by atoms with van der Waals surface area (Å²) < 4.78 is 5.76. The monoisotopic (exact) mass is 360 g/mol. The third-order valence-corrected chi connectivity index (χ3v) is 4.26. The number of carbonyl (C=O) groups excluding carboxylic acids is 1. The highest BCUT2D eigenvalue weighted by atomic mass is 16.5. The van der Waals surface area contributed by atoms with E-state index < -0.39 is 0 Å². The Morgan fingerprint density at radius 1 is 0.889 bits per heavy atom. The van der Waals surface area contributed by atoms with Gasteiger partial charge in [0.05, 0.1) is 0 Å². The molecular formula is C23H24N2O2. The van der Waals surface area contributed by atoms with Crippen LogP contribution in [0, 0.1) is 0 Å². The van der Waals surface area contributed by atoms with Crippen LogP contribution in [0.1, 0.15) is 12.0 Å². The van der Waals surface area contributed by atoms with Gasteiger partial charge in [-0.15, -0.1) is 0 Å². The number of hydrogen-bond acceptors (Lipinski definition) is 3. The lowest BCUT2D eigenvalue weighted by atomic mass is 10.2. The SMILES string of the molecule is CN(CCC(=O)Nc1ccc(OCc2ccccc2)cc1)c1ccccc1. The summed E-state index contributed by atoms with van der Waals surface area (Å²) in [7, 11) is 1.99. The van der Waals surface area contributed by atoms with Gasteiger partial charge < -0.3 is 15.0 Å². The predicted octanol–water partition coefficient (Wildman–Crippen LogP) is 4.73. The van der Waals surface area contributed by atoms with Gasteiger partial charge in [0, 0.05) is 31.4 Å². The van der Waals surface area contributed by atoms with Crippen molar-refractivity contribution in [1.29, 1.82) is 0 Å². The number of para-hydroxylation sites is 1. The summed E-state index contributed by atoms with van der Waals surface area (Å²) in [5.74, 6) is 0.774. The zero-order valence-electron chi connectivity index (χ0n) is 15.5. The minimum Gasteiger partial charge on any atom is -0.489 e. The standard InChI is InChI=1S/C23H24N2O2/c1-25(21-10-6-3-7-11-21)17-16-23(26)24-20-12-14-22(15-13-20)27-18-19-8-4-2-5-9-19/h2-15H,16-18H2,1H3,(H,24,26). The van der Waals surface area contributed by atoms with Crippen LogP contribution in [-0.2, 0) is 11.4 Å². The fourth-order valence-electron chi connectivity index (χ4n) is 2.68. The Morgan fingerprint density at radius 2 is 1.52 bits per heavy atom. The third-order valence-electron chi connectivity index (χ3n) is 4.26. The molecule has 1 N–H and O–H groups in total. The van der Waals surface area contributed by atoms with Gasteiger partial charge in [-0.05, 0) is 42.0 Å². The van der Waals surface area contributed by atoms with Crippen LogP contribution >= 0.6 is 0 Å². The normalized spacial score (nSPS) is 10.3. The first-order chi connectivity index (χ1) is 13.2. The molecular weight excluding hydrogens is 336 g/mol. The van der Waals surface area contributed by atoms with Gasteiger partial charge in [0.2, 0.25) is 5.91 Å². The van der Waals surface area contributed by atoms with Crippen molar-refractivity contribution in [2.45, 2.75) is 13.0 Å². The van der Waals surface area contributed by atoms with Crippen molar-refractivity contribution in [3.05, 3.63) is 90.5 Å². The molecule has 0 aliphatic carbocycles. The number of carbonyl (C=O) groups is 1. The fourth-order valence-corrected chi connectivity index (χ4v) is 2.68. The molecule has 1 amide bonds. The van der Waals surface area contributed by atoms with E-state index in [9.17, 15) is 4.79 Å². The Balaban J connectivity index is 1.44. The molecule has 27 heavy (non-hydrogen) atoms. The van der Waals surface area contributed by atoms with Crippen LogP contribution in [0.4, 0.5) is 11.4 Å². The zero-order chi connectivity index (χ0) is 18.9.